The summed E-state index contributed by atoms with van der Waals surface area (Å²) in [7, 11) is 0. The molecule has 1 atom stereocenters. The molecule has 0 bridgehead atoms. The van der Waals surface area contributed by atoms with Crippen molar-refractivity contribution in [1.29, 1.82) is 0 Å². The minimum atomic E-state index is 0.200. The Hall–Kier alpha value is -1.71. The van der Waals surface area contributed by atoms with E-state index < -0.39 is 0 Å². The summed E-state index contributed by atoms with van der Waals surface area (Å²) in [6.45, 7) is 1.04. The van der Waals surface area contributed by atoms with E-state index in [1.54, 1.807) is 6.20 Å². The Bertz CT molecular complexity index is 583. The molecule has 0 spiro atoms. The summed E-state index contributed by atoms with van der Waals surface area (Å²) >= 11 is 0. The van der Waals surface area contributed by atoms with Gasteiger partial charge in [-0.25, -0.2) is 0 Å². The van der Waals surface area contributed by atoms with Crippen molar-refractivity contribution in [3.63, 3.8) is 0 Å². The summed E-state index contributed by atoms with van der Waals surface area (Å²) in [6, 6.07) is 12.6. The van der Waals surface area contributed by atoms with Crippen LogP contribution in [0.1, 0.15) is 41.3 Å². The summed E-state index contributed by atoms with van der Waals surface area (Å²) in [6.07, 6.45) is 5.43. The Labute approximate surface area is 119 Å². The smallest absolute Gasteiger partial charge is 0.0832 e. The topological polar surface area (TPSA) is 48.1 Å². The normalized spacial score (nSPS) is 17.8. The van der Waals surface area contributed by atoms with Crippen molar-refractivity contribution < 1.29 is 4.74 Å². The highest BCUT2D eigenvalue weighted by Gasteiger charge is 2.20. The van der Waals surface area contributed by atoms with E-state index >= 15 is 0 Å². The number of aromatic nitrogens is 1. The lowest BCUT2D eigenvalue weighted by Crippen LogP contribution is -2.14. The molecule has 20 heavy (non-hydrogen) atoms. The molecule has 0 aliphatic heterocycles. The van der Waals surface area contributed by atoms with Crippen molar-refractivity contribution in [3.05, 3.63) is 65.0 Å². The van der Waals surface area contributed by atoms with E-state index in [1.165, 1.54) is 17.5 Å². The molecule has 0 amide bonds. The minimum absolute atomic E-state index is 0.200. The van der Waals surface area contributed by atoms with Crippen LogP contribution in [0, 0.1) is 0 Å². The monoisotopic (exact) mass is 268 g/mol. The zero-order valence-electron chi connectivity index (χ0n) is 11.6. The molecular weight excluding hydrogens is 248 g/mol. The number of hydrogen-bond acceptors (Lipinski definition) is 3. The molecule has 1 aliphatic rings. The van der Waals surface area contributed by atoms with Crippen molar-refractivity contribution in [2.45, 2.75) is 38.5 Å². The van der Waals surface area contributed by atoms with Crippen LogP contribution in [0.2, 0.25) is 0 Å². The molecule has 0 saturated heterocycles. The minimum Gasteiger partial charge on any atom is -0.369 e. The fourth-order valence-corrected chi connectivity index (χ4v) is 2.86. The highest BCUT2D eigenvalue weighted by Crippen LogP contribution is 2.33. The predicted molar refractivity (Wildman–Crippen MR) is 79.0 cm³/mol. The molecule has 2 N–H and O–H groups in total. The number of aryl methyl sites for hydroxylation is 1. The van der Waals surface area contributed by atoms with Crippen molar-refractivity contribution >= 4 is 0 Å². The second-order valence-electron chi connectivity index (χ2n) is 5.20. The third kappa shape index (κ3) is 2.74. The molecule has 0 saturated carbocycles. The van der Waals surface area contributed by atoms with Gasteiger partial charge >= 0.3 is 0 Å². The predicted octanol–water partition coefficient (Wildman–Crippen LogP) is 3.13. The van der Waals surface area contributed by atoms with E-state index in [0.717, 1.165) is 24.1 Å². The zero-order chi connectivity index (χ0) is 13.8. The van der Waals surface area contributed by atoms with Gasteiger partial charge in [0.15, 0.2) is 0 Å². The zero-order valence-corrected chi connectivity index (χ0v) is 11.6. The molecule has 104 valence electrons. The number of pyridine rings is 1. The molecule has 0 radical (unpaired) electrons. The maximum atomic E-state index is 6.14. The number of nitrogens with two attached hydrogens (primary N) is 1. The number of fused-ring (bicyclic) bond motifs is 1. The number of ether oxygens (including phenoxy) is 1. The van der Waals surface area contributed by atoms with Crippen molar-refractivity contribution in [2.75, 3.05) is 0 Å². The number of rotatable bonds is 4. The van der Waals surface area contributed by atoms with Gasteiger partial charge in [-0.15, -0.1) is 0 Å². The van der Waals surface area contributed by atoms with E-state index in [4.69, 9.17) is 10.5 Å². The molecule has 1 heterocycles. The number of hydrogen-bond donors (Lipinski definition) is 1. The van der Waals surface area contributed by atoms with Crippen LogP contribution >= 0.6 is 0 Å². The number of benzene rings is 1. The lowest BCUT2D eigenvalue weighted by Gasteiger charge is -2.26. The van der Waals surface area contributed by atoms with Gasteiger partial charge in [0.1, 0.15) is 0 Å². The average molecular weight is 268 g/mol. The molecular formula is C17H20N2O. The molecule has 3 nitrogen and oxygen atoms in total. The van der Waals surface area contributed by atoms with Gasteiger partial charge in [-0.1, -0.05) is 30.3 Å². The van der Waals surface area contributed by atoms with Crippen LogP contribution in [0.3, 0.4) is 0 Å². The Morgan fingerprint density at radius 1 is 1.20 bits per heavy atom. The highest BCUT2D eigenvalue weighted by atomic mass is 16.5. The molecule has 3 rings (SSSR count). The van der Waals surface area contributed by atoms with Gasteiger partial charge in [-0.3, -0.25) is 4.98 Å². The summed E-state index contributed by atoms with van der Waals surface area (Å²) in [5.74, 6) is 0. The van der Waals surface area contributed by atoms with Crippen LogP contribution in [0.5, 0.6) is 0 Å². The summed E-state index contributed by atoms with van der Waals surface area (Å²) in [5, 5.41) is 0. The van der Waals surface area contributed by atoms with Gasteiger partial charge < -0.3 is 10.5 Å². The first-order valence-corrected chi connectivity index (χ1v) is 7.20. The van der Waals surface area contributed by atoms with Crippen molar-refractivity contribution in [2.24, 2.45) is 5.73 Å². The quantitative estimate of drug-likeness (QED) is 0.926. The fourth-order valence-electron chi connectivity index (χ4n) is 2.86. The van der Waals surface area contributed by atoms with Crippen LogP contribution in [-0.2, 0) is 24.3 Å². The summed E-state index contributed by atoms with van der Waals surface area (Å²) in [5.41, 5.74) is 10.5. The molecule has 2 aromatic rings. The van der Waals surface area contributed by atoms with Gasteiger partial charge in [0.25, 0.3) is 0 Å². The first-order chi connectivity index (χ1) is 9.88. The lowest BCUT2D eigenvalue weighted by atomic mass is 9.89. The van der Waals surface area contributed by atoms with Crippen LogP contribution in [0.25, 0.3) is 0 Å². The van der Waals surface area contributed by atoms with Crippen molar-refractivity contribution in [3.8, 4) is 0 Å². The summed E-state index contributed by atoms with van der Waals surface area (Å²) in [4.78, 5) is 4.30. The third-order valence-corrected chi connectivity index (χ3v) is 3.93. The SMILES string of the molecule is NCc1ncccc1COC1CCCc2ccccc21. The van der Waals surface area contributed by atoms with Crippen LogP contribution in [0.15, 0.2) is 42.6 Å². The fraction of sp³-hybridized carbons (Fsp3) is 0.353. The molecule has 1 aromatic carbocycles. The van der Waals surface area contributed by atoms with E-state index in [2.05, 4.69) is 29.2 Å². The summed E-state index contributed by atoms with van der Waals surface area (Å²) < 4.78 is 6.14. The van der Waals surface area contributed by atoms with Gasteiger partial charge in [-0.05, 0) is 36.5 Å². The average Bonchev–Trinajstić information content (AvgIpc) is 2.53. The van der Waals surface area contributed by atoms with E-state index in [9.17, 15) is 0 Å². The first-order valence-electron chi connectivity index (χ1n) is 7.20. The van der Waals surface area contributed by atoms with Gasteiger partial charge in [0, 0.05) is 18.3 Å². The Morgan fingerprint density at radius 3 is 3.00 bits per heavy atom. The van der Waals surface area contributed by atoms with Crippen LogP contribution in [-0.4, -0.2) is 4.98 Å². The molecule has 1 unspecified atom stereocenters. The van der Waals surface area contributed by atoms with Gasteiger partial charge in [-0.2, -0.15) is 0 Å². The van der Waals surface area contributed by atoms with E-state index in [1.807, 2.05) is 12.1 Å². The molecule has 0 fully saturated rings. The van der Waals surface area contributed by atoms with Crippen LogP contribution in [0.4, 0.5) is 0 Å². The maximum Gasteiger partial charge on any atom is 0.0832 e. The van der Waals surface area contributed by atoms with Gasteiger partial charge in [0.05, 0.1) is 18.4 Å². The first kappa shape index (κ1) is 13.3. The standard InChI is InChI=1S/C17H20N2O/c18-11-16-14(7-4-10-19-16)12-20-17-9-3-6-13-5-1-2-8-15(13)17/h1-2,4-5,7-8,10,17H,3,6,9,11-12,18H2. The van der Waals surface area contributed by atoms with E-state index in [-0.39, 0.29) is 6.10 Å². The molecule has 1 aliphatic carbocycles. The maximum absolute atomic E-state index is 6.14. The van der Waals surface area contributed by atoms with Crippen molar-refractivity contribution in [1.82, 2.24) is 4.98 Å². The highest BCUT2D eigenvalue weighted by molar-refractivity contribution is 5.31. The third-order valence-electron chi connectivity index (χ3n) is 3.93. The Kier molecular flexibility index (Phi) is 4.09. The van der Waals surface area contributed by atoms with Crippen LogP contribution < -0.4 is 5.73 Å². The van der Waals surface area contributed by atoms with E-state index in [0.29, 0.717) is 13.2 Å². The Balaban J connectivity index is 1.73. The second-order valence-corrected chi connectivity index (χ2v) is 5.20. The second kappa shape index (κ2) is 6.16. The van der Waals surface area contributed by atoms with Gasteiger partial charge in [0.2, 0.25) is 0 Å². The number of nitrogens with zero attached hydrogens (tertiary/aromatic N) is 1. The molecule has 1 aromatic heterocycles. The largest absolute Gasteiger partial charge is 0.369 e. The lowest BCUT2D eigenvalue weighted by molar-refractivity contribution is 0.0277. The molecule has 3 heteroatoms. The Morgan fingerprint density at radius 2 is 2.10 bits per heavy atom.